The third-order valence-electron chi connectivity index (χ3n) is 4.74. The number of hydrogen-bond donors (Lipinski definition) is 3. The predicted molar refractivity (Wildman–Crippen MR) is 87.7 cm³/mol. The van der Waals surface area contributed by atoms with Crippen molar-refractivity contribution in [3.8, 4) is 0 Å². The van der Waals surface area contributed by atoms with Crippen LogP contribution in [0.25, 0.3) is 10.9 Å². The van der Waals surface area contributed by atoms with E-state index in [1.54, 1.807) is 0 Å². The van der Waals surface area contributed by atoms with E-state index in [1.165, 1.54) is 5.56 Å². The molecule has 118 valence electrons. The van der Waals surface area contributed by atoms with E-state index in [4.69, 9.17) is 5.11 Å². The molecule has 0 atom stereocenters. The molecular weight excluding hydrogens is 276 g/mol. The molecule has 22 heavy (non-hydrogen) atoms. The van der Waals surface area contributed by atoms with E-state index in [9.17, 15) is 4.79 Å². The first kappa shape index (κ1) is 15.1. The summed E-state index contributed by atoms with van der Waals surface area (Å²) in [5.41, 5.74) is 3.36. The minimum atomic E-state index is 0.0916. The van der Waals surface area contributed by atoms with Crippen molar-refractivity contribution in [3.05, 3.63) is 35.5 Å². The fourth-order valence-electron chi connectivity index (χ4n) is 3.39. The Labute approximate surface area is 130 Å². The molecule has 1 saturated carbocycles. The largest absolute Gasteiger partial charge is 0.396 e. The second-order valence-electron chi connectivity index (χ2n) is 6.51. The summed E-state index contributed by atoms with van der Waals surface area (Å²) in [6, 6.07) is 6.53. The van der Waals surface area contributed by atoms with Crippen LogP contribution in [0, 0.1) is 12.8 Å². The van der Waals surface area contributed by atoms with Gasteiger partial charge in [0.2, 0.25) is 5.91 Å². The zero-order chi connectivity index (χ0) is 15.5. The molecule has 1 aromatic heterocycles. The molecule has 0 radical (unpaired) electrons. The Morgan fingerprint density at radius 1 is 1.32 bits per heavy atom. The number of carbonyl (C=O) groups is 1. The van der Waals surface area contributed by atoms with E-state index in [1.807, 2.05) is 6.20 Å². The molecule has 0 bridgehead atoms. The van der Waals surface area contributed by atoms with Crippen LogP contribution in [-0.2, 0) is 11.2 Å². The number of nitrogens with one attached hydrogen (secondary N) is 2. The standard InChI is InChI=1S/C18H24N2O2/c1-12-2-7-16-14(10-19-17(16)8-12)9-18(22)20-15-5-3-13(11-21)4-6-15/h2,7-8,10,13,15,19,21H,3-6,9,11H2,1H3,(H,20,22). The van der Waals surface area contributed by atoms with Gasteiger partial charge in [-0.05, 0) is 55.7 Å². The van der Waals surface area contributed by atoms with Gasteiger partial charge in [0.15, 0.2) is 0 Å². The van der Waals surface area contributed by atoms with Crippen LogP contribution in [0.15, 0.2) is 24.4 Å². The van der Waals surface area contributed by atoms with Gasteiger partial charge in [-0.3, -0.25) is 4.79 Å². The summed E-state index contributed by atoms with van der Waals surface area (Å²) in [5.74, 6) is 0.513. The summed E-state index contributed by atoms with van der Waals surface area (Å²) < 4.78 is 0. The molecule has 1 aliphatic carbocycles. The van der Waals surface area contributed by atoms with Gasteiger partial charge in [-0.2, -0.15) is 0 Å². The van der Waals surface area contributed by atoms with Crippen molar-refractivity contribution in [3.63, 3.8) is 0 Å². The lowest BCUT2D eigenvalue weighted by Crippen LogP contribution is -2.38. The quantitative estimate of drug-likeness (QED) is 0.813. The molecule has 1 aromatic carbocycles. The monoisotopic (exact) mass is 300 g/mol. The van der Waals surface area contributed by atoms with Crippen LogP contribution in [0.1, 0.15) is 36.8 Å². The third kappa shape index (κ3) is 3.33. The first-order chi connectivity index (χ1) is 10.7. The molecule has 1 fully saturated rings. The van der Waals surface area contributed by atoms with Gasteiger partial charge in [-0.25, -0.2) is 0 Å². The van der Waals surface area contributed by atoms with Crippen LogP contribution in [0.2, 0.25) is 0 Å². The molecule has 0 unspecified atom stereocenters. The Balaban J connectivity index is 1.59. The molecule has 0 aliphatic heterocycles. The van der Waals surface area contributed by atoms with Gasteiger partial charge < -0.3 is 15.4 Å². The Morgan fingerprint density at radius 3 is 2.82 bits per heavy atom. The van der Waals surface area contributed by atoms with Crippen LogP contribution in [0.4, 0.5) is 0 Å². The van der Waals surface area contributed by atoms with Gasteiger partial charge >= 0.3 is 0 Å². The van der Waals surface area contributed by atoms with E-state index in [0.29, 0.717) is 12.3 Å². The number of benzene rings is 1. The summed E-state index contributed by atoms with van der Waals surface area (Å²) in [6.45, 7) is 2.34. The van der Waals surface area contributed by atoms with Crippen molar-refractivity contribution in [1.82, 2.24) is 10.3 Å². The van der Waals surface area contributed by atoms with Crippen LogP contribution in [0.3, 0.4) is 0 Å². The molecule has 1 heterocycles. The van der Waals surface area contributed by atoms with Gasteiger partial charge in [-0.1, -0.05) is 12.1 Å². The molecule has 0 saturated heterocycles. The predicted octanol–water partition coefficient (Wildman–Crippen LogP) is 2.69. The first-order valence-corrected chi connectivity index (χ1v) is 8.12. The lowest BCUT2D eigenvalue weighted by atomic mass is 9.86. The maximum absolute atomic E-state index is 12.3. The fourth-order valence-corrected chi connectivity index (χ4v) is 3.39. The zero-order valence-electron chi connectivity index (χ0n) is 13.1. The van der Waals surface area contributed by atoms with Crippen molar-refractivity contribution in [2.75, 3.05) is 6.61 Å². The summed E-state index contributed by atoms with van der Waals surface area (Å²) in [5, 5.41) is 13.4. The summed E-state index contributed by atoms with van der Waals surface area (Å²) >= 11 is 0. The molecule has 4 nitrogen and oxygen atoms in total. The molecule has 1 amide bonds. The number of aromatic nitrogens is 1. The van der Waals surface area contributed by atoms with Crippen LogP contribution < -0.4 is 5.32 Å². The Morgan fingerprint density at radius 2 is 2.09 bits per heavy atom. The Hall–Kier alpha value is -1.81. The first-order valence-electron chi connectivity index (χ1n) is 8.12. The summed E-state index contributed by atoms with van der Waals surface area (Å²) in [7, 11) is 0. The highest BCUT2D eigenvalue weighted by Gasteiger charge is 2.22. The van der Waals surface area contributed by atoms with Crippen molar-refractivity contribution >= 4 is 16.8 Å². The minimum absolute atomic E-state index is 0.0916. The van der Waals surface area contributed by atoms with Gasteiger partial charge in [0.05, 0.1) is 6.42 Å². The van der Waals surface area contributed by atoms with E-state index >= 15 is 0 Å². The van der Waals surface area contributed by atoms with Gasteiger partial charge in [0.1, 0.15) is 0 Å². The van der Waals surface area contributed by atoms with Crippen LogP contribution in [0.5, 0.6) is 0 Å². The number of H-pyrrole nitrogens is 1. The van der Waals surface area contributed by atoms with Crippen LogP contribution >= 0.6 is 0 Å². The normalized spacial score (nSPS) is 21.9. The van der Waals surface area contributed by atoms with E-state index in [0.717, 1.165) is 42.1 Å². The average molecular weight is 300 g/mol. The highest BCUT2D eigenvalue weighted by atomic mass is 16.3. The summed E-state index contributed by atoms with van der Waals surface area (Å²) in [4.78, 5) is 15.5. The van der Waals surface area contributed by atoms with Gasteiger partial charge in [-0.15, -0.1) is 0 Å². The fraction of sp³-hybridized carbons (Fsp3) is 0.500. The Bertz CT molecular complexity index is 654. The summed E-state index contributed by atoms with van der Waals surface area (Å²) in [6.07, 6.45) is 6.32. The SMILES string of the molecule is Cc1ccc2c(CC(=O)NC3CCC(CO)CC3)c[nH]c2c1. The molecular formula is C18H24N2O2. The van der Waals surface area contributed by atoms with E-state index in [-0.39, 0.29) is 18.6 Å². The maximum atomic E-state index is 12.3. The van der Waals surface area contributed by atoms with Crippen molar-refractivity contribution in [1.29, 1.82) is 0 Å². The number of aryl methyl sites for hydroxylation is 1. The highest BCUT2D eigenvalue weighted by molar-refractivity contribution is 5.89. The van der Waals surface area contributed by atoms with Crippen molar-refractivity contribution in [2.45, 2.75) is 45.1 Å². The highest BCUT2D eigenvalue weighted by Crippen LogP contribution is 2.24. The van der Waals surface area contributed by atoms with Crippen LogP contribution in [-0.4, -0.2) is 28.6 Å². The van der Waals surface area contributed by atoms with Gasteiger partial charge in [0.25, 0.3) is 0 Å². The Kier molecular flexibility index (Phi) is 4.48. The van der Waals surface area contributed by atoms with E-state index < -0.39 is 0 Å². The van der Waals surface area contributed by atoms with E-state index in [2.05, 4.69) is 35.4 Å². The number of carbonyl (C=O) groups excluding carboxylic acids is 1. The number of aromatic amines is 1. The smallest absolute Gasteiger partial charge is 0.224 e. The number of aliphatic hydroxyl groups excluding tert-OH is 1. The second kappa shape index (κ2) is 6.53. The minimum Gasteiger partial charge on any atom is -0.396 e. The molecule has 1 aliphatic rings. The number of hydrogen-bond acceptors (Lipinski definition) is 2. The number of rotatable bonds is 4. The third-order valence-corrected chi connectivity index (χ3v) is 4.74. The maximum Gasteiger partial charge on any atom is 0.224 e. The average Bonchev–Trinajstić information content (AvgIpc) is 2.90. The molecule has 4 heteroatoms. The topological polar surface area (TPSA) is 65.1 Å². The lowest BCUT2D eigenvalue weighted by Gasteiger charge is -2.27. The molecule has 0 spiro atoms. The number of fused-ring (bicyclic) bond motifs is 1. The zero-order valence-corrected chi connectivity index (χ0v) is 13.1. The van der Waals surface area contributed by atoms with Crippen molar-refractivity contribution in [2.24, 2.45) is 5.92 Å². The number of aliphatic hydroxyl groups is 1. The second-order valence-corrected chi connectivity index (χ2v) is 6.51. The molecule has 3 rings (SSSR count). The molecule has 3 N–H and O–H groups in total. The van der Waals surface area contributed by atoms with Crippen molar-refractivity contribution < 1.29 is 9.90 Å². The number of amides is 1. The van der Waals surface area contributed by atoms with Gasteiger partial charge in [0, 0.05) is 29.7 Å². The lowest BCUT2D eigenvalue weighted by molar-refractivity contribution is -0.121. The molecule has 2 aromatic rings.